The molecule has 2 saturated carbocycles. The van der Waals surface area contributed by atoms with Gasteiger partial charge in [-0.1, -0.05) is 6.07 Å². The summed E-state index contributed by atoms with van der Waals surface area (Å²) < 4.78 is 27.1. The van der Waals surface area contributed by atoms with Gasteiger partial charge in [0.25, 0.3) is 0 Å². The molecule has 116 valence electrons. The first-order valence-corrected chi connectivity index (χ1v) is 7.95. The molecule has 2 fully saturated rings. The van der Waals surface area contributed by atoms with Gasteiger partial charge in [-0.15, -0.1) is 0 Å². The van der Waals surface area contributed by atoms with Crippen LogP contribution in [0.4, 0.5) is 8.78 Å². The topological polar surface area (TPSA) is 12.0 Å². The van der Waals surface area contributed by atoms with Crippen molar-refractivity contribution in [2.75, 3.05) is 6.54 Å². The van der Waals surface area contributed by atoms with Crippen LogP contribution < -0.4 is 5.32 Å². The molecule has 2 atom stereocenters. The molecule has 0 aromatic heterocycles. The Balaban J connectivity index is 1.76. The summed E-state index contributed by atoms with van der Waals surface area (Å²) in [5.74, 6) is 0.795. The lowest BCUT2D eigenvalue weighted by atomic mass is 9.76. The average Bonchev–Trinajstić information content (AvgIpc) is 2.98. The monoisotopic (exact) mass is 293 g/mol. The van der Waals surface area contributed by atoms with Crippen LogP contribution >= 0.6 is 0 Å². The van der Waals surface area contributed by atoms with Gasteiger partial charge in [0, 0.05) is 18.2 Å². The molecule has 2 aliphatic carbocycles. The molecule has 2 unspecified atom stereocenters. The summed E-state index contributed by atoms with van der Waals surface area (Å²) in [5.41, 5.74) is 0.870. The third-order valence-electron chi connectivity index (χ3n) is 5.03. The zero-order valence-electron chi connectivity index (χ0n) is 13.2. The van der Waals surface area contributed by atoms with Gasteiger partial charge in [-0.05, 0) is 75.3 Å². The van der Waals surface area contributed by atoms with Gasteiger partial charge in [-0.25, -0.2) is 8.78 Å². The van der Waals surface area contributed by atoms with E-state index >= 15 is 0 Å². The van der Waals surface area contributed by atoms with Gasteiger partial charge in [0.1, 0.15) is 11.6 Å². The van der Waals surface area contributed by atoms with E-state index in [0.29, 0.717) is 5.56 Å². The molecule has 0 aliphatic heterocycles. The Kier molecular flexibility index (Phi) is 3.59. The number of hydrogen-bond donors (Lipinski definition) is 1. The Bertz CT molecular complexity index is 523. The van der Waals surface area contributed by atoms with Gasteiger partial charge in [-0.3, -0.25) is 0 Å². The van der Waals surface area contributed by atoms with Gasteiger partial charge >= 0.3 is 0 Å². The zero-order chi connectivity index (χ0) is 15.3. The molecule has 0 heterocycles. The first kappa shape index (κ1) is 15.0. The molecule has 1 nitrogen and oxygen atoms in total. The van der Waals surface area contributed by atoms with Gasteiger partial charge < -0.3 is 5.32 Å². The van der Waals surface area contributed by atoms with Crippen molar-refractivity contribution in [3.63, 3.8) is 0 Å². The average molecular weight is 293 g/mol. The van der Waals surface area contributed by atoms with Gasteiger partial charge in [0.15, 0.2) is 0 Å². The Morgan fingerprint density at radius 1 is 1.19 bits per heavy atom. The summed E-state index contributed by atoms with van der Waals surface area (Å²) in [5, 5.41) is 3.60. The summed E-state index contributed by atoms with van der Waals surface area (Å²) in [4.78, 5) is 0. The smallest absolute Gasteiger partial charge is 0.129 e. The second-order valence-electron chi connectivity index (χ2n) is 8.18. The number of benzene rings is 1. The number of hydrogen-bond acceptors (Lipinski definition) is 1. The van der Waals surface area contributed by atoms with E-state index in [2.05, 4.69) is 26.1 Å². The summed E-state index contributed by atoms with van der Waals surface area (Å²) in [6, 6.07) is 4.00. The summed E-state index contributed by atoms with van der Waals surface area (Å²) in [6.07, 6.45) is 4.42. The minimum Gasteiger partial charge on any atom is -0.312 e. The highest BCUT2D eigenvalue weighted by molar-refractivity contribution is 5.22. The molecule has 0 saturated heterocycles. The molecule has 3 heteroatoms. The minimum atomic E-state index is -0.493. The lowest BCUT2D eigenvalue weighted by Crippen LogP contribution is -2.44. The fourth-order valence-electron chi connectivity index (χ4n) is 3.88. The van der Waals surface area contributed by atoms with Gasteiger partial charge in [-0.2, -0.15) is 0 Å². The van der Waals surface area contributed by atoms with E-state index in [-0.39, 0.29) is 11.0 Å². The maximum atomic E-state index is 14.0. The lowest BCUT2D eigenvalue weighted by molar-refractivity contribution is 0.220. The van der Waals surface area contributed by atoms with Crippen molar-refractivity contribution in [1.82, 2.24) is 5.32 Å². The summed E-state index contributed by atoms with van der Waals surface area (Å²) in [6.45, 7) is 7.40. The molecule has 1 aromatic carbocycles. The van der Waals surface area contributed by atoms with E-state index in [1.54, 1.807) is 6.07 Å². The lowest BCUT2D eigenvalue weighted by Gasteiger charge is -2.35. The Morgan fingerprint density at radius 3 is 2.43 bits per heavy atom. The van der Waals surface area contributed by atoms with E-state index in [4.69, 9.17) is 0 Å². The zero-order valence-corrected chi connectivity index (χ0v) is 13.2. The van der Waals surface area contributed by atoms with E-state index in [9.17, 15) is 8.78 Å². The highest BCUT2D eigenvalue weighted by Crippen LogP contribution is 2.60. The van der Waals surface area contributed by atoms with Crippen LogP contribution in [0.2, 0.25) is 0 Å². The number of fused-ring (bicyclic) bond motifs is 1. The number of rotatable bonds is 4. The molecule has 0 bridgehead atoms. The highest BCUT2D eigenvalue weighted by atomic mass is 19.1. The predicted octanol–water partition coefficient (Wildman–Crippen LogP) is 4.31. The quantitative estimate of drug-likeness (QED) is 0.872. The largest absolute Gasteiger partial charge is 0.312 e. The molecular weight excluding hydrogens is 268 g/mol. The highest BCUT2D eigenvalue weighted by Gasteiger charge is 2.53. The predicted molar refractivity (Wildman–Crippen MR) is 81.1 cm³/mol. The molecule has 0 amide bonds. The van der Waals surface area contributed by atoms with Gasteiger partial charge in [0.05, 0.1) is 0 Å². The fourth-order valence-corrected chi connectivity index (χ4v) is 3.88. The van der Waals surface area contributed by atoms with Crippen LogP contribution in [0, 0.1) is 28.9 Å². The summed E-state index contributed by atoms with van der Waals surface area (Å²) in [7, 11) is 0. The molecule has 0 spiro atoms. The van der Waals surface area contributed by atoms with Crippen LogP contribution in [-0.4, -0.2) is 12.1 Å². The van der Waals surface area contributed by atoms with E-state index < -0.39 is 11.6 Å². The van der Waals surface area contributed by atoms with Crippen LogP contribution in [0.1, 0.15) is 45.6 Å². The maximum absolute atomic E-state index is 14.0. The van der Waals surface area contributed by atoms with Crippen molar-refractivity contribution in [3.8, 4) is 0 Å². The van der Waals surface area contributed by atoms with Crippen molar-refractivity contribution in [2.24, 2.45) is 17.3 Å². The molecular formula is C18H25F2N. The van der Waals surface area contributed by atoms with Crippen molar-refractivity contribution in [3.05, 3.63) is 35.4 Å². The maximum Gasteiger partial charge on any atom is 0.129 e. The standard InChI is InChI=1S/C18H25F2N/c1-17(2,3)21-11-18(9-13-6-14(13)10-18)8-12-4-5-15(19)7-16(12)20/h4-5,7,13-14,21H,6,8-11H2,1-3H3. The molecule has 0 radical (unpaired) electrons. The third-order valence-corrected chi connectivity index (χ3v) is 5.03. The molecule has 1 aromatic rings. The van der Waals surface area contributed by atoms with E-state index in [1.165, 1.54) is 25.3 Å². The Labute approximate surface area is 126 Å². The third kappa shape index (κ3) is 3.45. The molecule has 2 aliphatic rings. The van der Waals surface area contributed by atoms with Gasteiger partial charge in [0.2, 0.25) is 0 Å². The fraction of sp³-hybridized carbons (Fsp3) is 0.667. The van der Waals surface area contributed by atoms with E-state index in [1.807, 2.05) is 0 Å². The van der Waals surface area contributed by atoms with Crippen molar-refractivity contribution in [1.29, 1.82) is 0 Å². The molecule has 1 N–H and O–H groups in total. The molecule has 21 heavy (non-hydrogen) atoms. The van der Waals surface area contributed by atoms with Crippen LogP contribution in [0.15, 0.2) is 18.2 Å². The van der Waals surface area contributed by atoms with Crippen LogP contribution in [-0.2, 0) is 6.42 Å². The van der Waals surface area contributed by atoms with Crippen LogP contribution in [0.3, 0.4) is 0 Å². The number of nitrogens with one attached hydrogen (secondary N) is 1. The Morgan fingerprint density at radius 2 is 1.86 bits per heavy atom. The first-order valence-electron chi connectivity index (χ1n) is 7.95. The van der Waals surface area contributed by atoms with Crippen molar-refractivity contribution >= 4 is 0 Å². The second kappa shape index (κ2) is 5.05. The normalized spacial score (nSPS) is 31.3. The molecule has 3 rings (SSSR count). The first-order chi connectivity index (χ1) is 9.76. The number of halogens is 2. The van der Waals surface area contributed by atoms with E-state index in [0.717, 1.165) is 30.9 Å². The van der Waals surface area contributed by atoms with Crippen molar-refractivity contribution in [2.45, 2.75) is 52.0 Å². The minimum absolute atomic E-state index is 0.0706. The SMILES string of the molecule is CC(C)(C)NCC1(Cc2ccc(F)cc2F)CC2CC2C1. The van der Waals surface area contributed by atoms with Crippen LogP contribution in [0.25, 0.3) is 0 Å². The second-order valence-corrected chi connectivity index (χ2v) is 8.18. The Hall–Kier alpha value is -0.960. The van der Waals surface area contributed by atoms with Crippen molar-refractivity contribution < 1.29 is 8.78 Å². The van der Waals surface area contributed by atoms with Crippen LogP contribution in [0.5, 0.6) is 0 Å². The summed E-state index contributed by atoms with van der Waals surface area (Å²) >= 11 is 0.